The lowest BCUT2D eigenvalue weighted by Gasteiger charge is -2.31. The highest BCUT2D eigenvalue weighted by atomic mass is 35.5. The summed E-state index contributed by atoms with van der Waals surface area (Å²) in [6.45, 7) is 1.25. The van der Waals surface area contributed by atoms with E-state index in [0.717, 1.165) is 25.7 Å². The maximum Gasteiger partial charge on any atom is 0.223 e. The molecular formula is C21H23Cl2N3O3. The molecule has 2 fully saturated rings. The number of likely N-dealkylation sites (tertiary alicyclic amines) is 1. The Morgan fingerprint density at radius 3 is 2.62 bits per heavy atom. The smallest absolute Gasteiger partial charge is 0.223 e. The maximum atomic E-state index is 12.5. The van der Waals surface area contributed by atoms with Crippen molar-refractivity contribution in [2.45, 2.75) is 44.6 Å². The van der Waals surface area contributed by atoms with Crippen molar-refractivity contribution in [3.05, 3.63) is 40.3 Å². The van der Waals surface area contributed by atoms with Gasteiger partial charge >= 0.3 is 0 Å². The number of halogens is 2. The van der Waals surface area contributed by atoms with Gasteiger partial charge in [0.1, 0.15) is 0 Å². The molecule has 2 aliphatic rings. The highest BCUT2D eigenvalue weighted by Crippen LogP contribution is 2.31. The number of carbonyl (C=O) groups excluding carboxylic acids is 2. The van der Waals surface area contributed by atoms with Crippen LogP contribution in [0, 0.1) is 5.92 Å². The van der Waals surface area contributed by atoms with Crippen LogP contribution in [0.2, 0.25) is 10.0 Å². The fourth-order valence-corrected chi connectivity index (χ4v) is 4.05. The Hall–Kier alpha value is -2.05. The van der Waals surface area contributed by atoms with Crippen LogP contribution in [0.15, 0.2) is 28.8 Å². The summed E-state index contributed by atoms with van der Waals surface area (Å²) in [4.78, 5) is 30.8. The van der Waals surface area contributed by atoms with E-state index in [0.29, 0.717) is 59.2 Å². The monoisotopic (exact) mass is 435 g/mol. The maximum absolute atomic E-state index is 12.5. The summed E-state index contributed by atoms with van der Waals surface area (Å²) in [5, 5.41) is 4.10. The molecule has 1 aromatic carbocycles. The van der Waals surface area contributed by atoms with Crippen LogP contribution in [0.3, 0.4) is 0 Å². The number of carbonyl (C=O) groups is 2. The van der Waals surface area contributed by atoms with Gasteiger partial charge in [0.25, 0.3) is 0 Å². The summed E-state index contributed by atoms with van der Waals surface area (Å²) in [6.07, 6.45) is 5.99. The third-order valence-electron chi connectivity index (χ3n) is 5.45. The lowest BCUT2D eigenvalue weighted by molar-refractivity contribution is -0.135. The minimum atomic E-state index is 0.0260. The Balaban J connectivity index is 1.26. The number of benzene rings is 1. The topological polar surface area (TPSA) is 75.4 Å². The quantitative estimate of drug-likeness (QED) is 0.740. The second-order valence-electron chi connectivity index (χ2n) is 7.68. The molecule has 2 aromatic rings. The Kier molecular flexibility index (Phi) is 6.11. The number of amides is 2. The largest absolute Gasteiger partial charge is 0.441 e. The predicted octanol–water partition coefficient (Wildman–Crippen LogP) is 4.10. The third kappa shape index (κ3) is 5.11. The van der Waals surface area contributed by atoms with Crippen LogP contribution >= 0.6 is 23.2 Å². The van der Waals surface area contributed by atoms with Gasteiger partial charge in [-0.05, 0) is 43.9 Å². The molecule has 0 unspecified atom stereocenters. The van der Waals surface area contributed by atoms with E-state index in [1.165, 1.54) is 0 Å². The predicted molar refractivity (Wildman–Crippen MR) is 111 cm³/mol. The van der Waals surface area contributed by atoms with E-state index in [4.69, 9.17) is 27.6 Å². The fourth-order valence-electron chi connectivity index (χ4n) is 3.55. The first kappa shape index (κ1) is 20.2. The van der Waals surface area contributed by atoms with Gasteiger partial charge in [0, 0.05) is 48.5 Å². The number of oxazole rings is 1. The van der Waals surface area contributed by atoms with Gasteiger partial charge in [-0.1, -0.05) is 23.2 Å². The van der Waals surface area contributed by atoms with E-state index < -0.39 is 0 Å². The first-order chi connectivity index (χ1) is 14.0. The molecule has 2 heterocycles. The summed E-state index contributed by atoms with van der Waals surface area (Å²) >= 11 is 12.1. The zero-order valence-corrected chi connectivity index (χ0v) is 17.5. The number of hydrogen-bond donors (Lipinski definition) is 1. The molecule has 29 heavy (non-hydrogen) atoms. The SMILES string of the molecule is O=C(NC1CC1)C1CCN(C(=O)CCc2ncc(-c3ccc(Cl)cc3Cl)o2)CC1. The molecule has 1 aliphatic carbocycles. The normalized spacial score (nSPS) is 17.4. The van der Waals surface area contributed by atoms with E-state index >= 15 is 0 Å². The van der Waals surface area contributed by atoms with Gasteiger partial charge in [0.15, 0.2) is 11.7 Å². The average molecular weight is 436 g/mol. The Morgan fingerprint density at radius 2 is 1.93 bits per heavy atom. The summed E-state index contributed by atoms with van der Waals surface area (Å²) in [5.41, 5.74) is 0.715. The van der Waals surface area contributed by atoms with Crippen molar-refractivity contribution < 1.29 is 14.0 Å². The van der Waals surface area contributed by atoms with Crippen LogP contribution < -0.4 is 5.32 Å². The third-order valence-corrected chi connectivity index (χ3v) is 5.99. The number of nitrogens with zero attached hydrogens (tertiary/aromatic N) is 2. The number of piperidine rings is 1. The zero-order valence-electron chi connectivity index (χ0n) is 16.0. The minimum Gasteiger partial charge on any atom is -0.441 e. The molecule has 1 saturated carbocycles. The van der Waals surface area contributed by atoms with Crippen molar-refractivity contribution in [3.63, 3.8) is 0 Å². The summed E-state index contributed by atoms with van der Waals surface area (Å²) in [7, 11) is 0. The Labute approximate surface area is 179 Å². The van der Waals surface area contributed by atoms with Gasteiger partial charge in [-0.3, -0.25) is 9.59 Å². The van der Waals surface area contributed by atoms with E-state index in [9.17, 15) is 9.59 Å². The molecule has 0 spiro atoms. The van der Waals surface area contributed by atoms with E-state index in [2.05, 4.69) is 10.3 Å². The van der Waals surface area contributed by atoms with Gasteiger partial charge in [-0.15, -0.1) is 0 Å². The second kappa shape index (κ2) is 8.76. The van der Waals surface area contributed by atoms with Gasteiger partial charge in [0.2, 0.25) is 11.8 Å². The van der Waals surface area contributed by atoms with Gasteiger partial charge in [-0.2, -0.15) is 0 Å². The number of nitrogens with one attached hydrogen (secondary N) is 1. The van der Waals surface area contributed by atoms with Crippen LogP contribution in [-0.4, -0.2) is 40.8 Å². The van der Waals surface area contributed by atoms with Crippen molar-refractivity contribution >= 4 is 35.0 Å². The molecule has 0 atom stereocenters. The number of rotatable bonds is 6. The molecule has 0 bridgehead atoms. The number of aromatic nitrogens is 1. The number of hydrogen-bond acceptors (Lipinski definition) is 4. The minimum absolute atomic E-state index is 0.0260. The van der Waals surface area contributed by atoms with Crippen LogP contribution in [0.1, 0.15) is 38.0 Å². The van der Waals surface area contributed by atoms with Crippen molar-refractivity contribution in [2.24, 2.45) is 5.92 Å². The summed E-state index contributed by atoms with van der Waals surface area (Å²) in [6, 6.07) is 5.56. The molecular weight excluding hydrogens is 413 g/mol. The highest BCUT2D eigenvalue weighted by Gasteiger charge is 2.31. The summed E-state index contributed by atoms with van der Waals surface area (Å²) < 4.78 is 5.76. The fraction of sp³-hybridized carbons (Fsp3) is 0.476. The molecule has 1 aliphatic heterocycles. The number of aryl methyl sites for hydroxylation is 1. The van der Waals surface area contributed by atoms with Crippen molar-refractivity contribution in [2.75, 3.05) is 13.1 Å². The molecule has 154 valence electrons. The molecule has 6 nitrogen and oxygen atoms in total. The molecule has 1 N–H and O–H groups in total. The highest BCUT2D eigenvalue weighted by molar-refractivity contribution is 6.36. The Bertz CT molecular complexity index is 902. The molecule has 1 saturated heterocycles. The van der Waals surface area contributed by atoms with E-state index in [1.54, 1.807) is 24.4 Å². The first-order valence-corrected chi connectivity index (χ1v) is 10.7. The van der Waals surface area contributed by atoms with Gasteiger partial charge in [-0.25, -0.2) is 4.98 Å². The van der Waals surface area contributed by atoms with E-state index in [-0.39, 0.29) is 17.7 Å². The van der Waals surface area contributed by atoms with Crippen molar-refractivity contribution in [3.8, 4) is 11.3 Å². The lowest BCUT2D eigenvalue weighted by atomic mass is 9.95. The van der Waals surface area contributed by atoms with Gasteiger partial charge in [0.05, 0.1) is 11.2 Å². The van der Waals surface area contributed by atoms with E-state index in [1.807, 2.05) is 4.90 Å². The van der Waals surface area contributed by atoms with Gasteiger partial charge < -0.3 is 14.6 Å². The molecule has 8 heteroatoms. The molecule has 4 rings (SSSR count). The molecule has 1 aromatic heterocycles. The van der Waals surface area contributed by atoms with Crippen LogP contribution in [-0.2, 0) is 16.0 Å². The zero-order chi connectivity index (χ0) is 20.4. The van der Waals surface area contributed by atoms with Crippen molar-refractivity contribution in [1.82, 2.24) is 15.2 Å². The molecule has 0 radical (unpaired) electrons. The average Bonchev–Trinajstić information content (AvgIpc) is 3.40. The lowest BCUT2D eigenvalue weighted by Crippen LogP contribution is -2.43. The van der Waals surface area contributed by atoms with Crippen LogP contribution in [0.25, 0.3) is 11.3 Å². The first-order valence-electron chi connectivity index (χ1n) is 9.98. The van der Waals surface area contributed by atoms with Crippen LogP contribution in [0.5, 0.6) is 0 Å². The molecule has 2 amide bonds. The standard InChI is InChI=1S/C21H23Cl2N3O3/c22-14-1-4-16(17(23)11-14)18-12-24-19(29-18)5-6-20(27)26-9-7-13(8-10-26)21(28)25-15-2-3-15/h1,4,11-13,15H,2-3,5-10H2,(H,25,28). The van der Waals surface area contributed by atoms with Crippen molar-refractivity contribution in [1.29, 1.82) is 0 Å². The second-order valence-corrected chi connectivity index (χ2v) is 8.52. The Morgan fingerprint density at radius 1 is 1.17 bits per heavy atom. The van der Waals surface area contributed by atoms with Crippen LogP contribution in [0.4, 0.5) is 0 Å². The summed E-state index contributed by atoms with van der Waals surface area (Å²) in [5.74, 6) is 1.29.